The first kappa shape index (κ1) is 18.2. The summed E-state index contributed by atoms with van der Waals surface area (Å²) in [5.74, 6) is -0.0827. The van der Waals surface area contributed by atoms with E-state index in [1.165, 1.54) is 17.6 Å². The number of ether oxygens (including phenoxy) is 1. The van der Waals surface area contributed by atoms with Crippen molar-refractivity contribution in [1.82, 2.24) is 10.2 Å². The standard InChI is InChI=1S/C20H22N2O3S/c1-25-20(24)21-17(14-15-6-3-2-4-7-15)19(23)22-11-9-16(10-12-22)18-8-5-13-26-18/h2-9,13,17H,10-12,14H2,1H3,(H,21,24). The predicted molar refractivity (Wildman–Crippen MR) is 103 cm³/mol. The molecule has 1 aliphatic rings. The highest BCUT2D eigenvalue weighted by molar-refractivity contribution is 7.11. The molecule has 1 atom stereocenters. The van der Waals surface area contributed by atoms with E-state index in [0.29, 0.717) is 19.5 Å². The van der Waals surface area contributed by atoms with Gasteiger partial charge in [-0.2, -0.15) is 0 Å². The predicted octanol–water partition coefficient (Wildman–Crippen LogP) is 3.33. The number of alkyl carbamates (subject to hydrolysis) is 1. The molecule has 1 aromatic carbocycles. The molecule has 136 valence electrons. The van der Waals surface area contributed by atoms with Gasteiger partial charge in [0, 0.05) is 24.4 Å². The smallest absolute Gasteiger partial charge is 0.407 e. The molecule has 0 radical (unpaired) electrons. The van der Waals surface area contributed by atoms with Crippen LogP contribution in [-0.4, -0.2) is 43.1 Å². The van der Waals surface area contributed by atoms with Crippen molar-refractivity contribution in [1.29, 1.82) is 0 Å². The number of methoxy groups -OCH3 is 1. The Morgan fingerprint density at radius 3 is 2.65 bits per heavy atom. The molecular weight excluding hydrogens is 348 g/mol. The minimum atomic E-state index is -0.637. The van der Waals surface area contributed by atoms with Crippen LogP contribution in [0.5, 0.6) is 0 Å². The van der Waals surface area contributed by atoms with Gasteiger partial charge in [0.05, 0.1) is 7.11 Å². The number of amides is 2. The quantitative estimate of drug-likeness (QED) is 0.878. The third kappa shape index (κ3) is 4.52. The molecule has 5 nitrogen and oxygen atoms in total. The molecule has 3 rings (SSSR count). The molecule has 0 aliphatic carbocycles. The molecular formula is C20H22N2O3S. The van der Waals surface area contributed by atoms with Crippen LogP contribution in [0.15, 0.2) is 53.9 Å². The minimum Gasteiger partial charge on any atom is -0.453 e. The molecule has 1 aromatic heterocycles. The molecule has 0 saturated heterocycles. The van der Waals surface area contributed by atoms with E-state index in [4.69, 9.17) is 4.74 Å². The Morgan fingerprint density at radius 1 is 1.23 bits per heavy atom. The zero-order chi connectivity index (χ0) is 18.4. The van der Waals surface area contributed by atoms with Gasteiger partial charge in [-0.3, -0.25) is 4.79 Å². The largest absolute Gasteiger partial charge is 0.453 e. The summed E-state index contributed by atoms with van der Waals surface area (Å²) in [6.07, 6.45) is 2.77. The van der Waals surface area contributed by atoms with Crippen molar-refractivity contribution in [2.24, 2.45) is 0 Å². The van der Waals surface area contributed by atoms with Gasteiger partial charge < -0.3 is 15.0 Å². The Labute approximate surface area is 157 Å². The Hall–Kier alpha value is -2.60. The van der Waals surface area contributed by atoms with E-state index in [2.05, 4.69) is 22.8 Å². The summed E-state index contributed by atoms with van der Waals surface area (Å²) >= 11 is 1.71. The first-order valence-electron chi connectivity index (χ1n) is 8.57. The van der Waals surface area contributed by atoms with E-state index in [9.17, 15) is 9.59 Å². The Bertz CT molecular complexity index is 772. The summed E-state index contributed by atoms with van der Waals surface area (Å²) in [4.78, 5) is 27.7. The maximum absolute atomic E-state index is 13.0. The molecule has 6 heteroatoms. The summed E-state index contributed by atoms with van der Waals surface area (Å²) in [7, 11) is 1.30. The number of benzene rings is 1. The van der Waals surface area contributed by atoms with E-state index >= 15 is 0 Å². The Kier molecular flexibility index (Phi) is 6.07. The highest BCUT2D eigenvalue weighted by atomic mass is 32.1. The van der Waals surface area contributed by atoms with Gasteiger partial charge in [0.1, 0.15) is 6.04 Å². The van der Waals surface area contributed by atoms with Gasteiger partial charge in [-0.15, -0.1) is 11.3 Å². The van der Waals surface area contributed by atoms with Crippen molar-refractivity contribution in [2.45, 2.75) is 18.9 Å². The van der Waals surface area contributed by atoms with Gasteiger partial charge in [-0.25, -0.2) is 4.79 Å². The van der Waals surface area contributed by atoms with E-state index in [1.54, 1.807) is 16.2 Å². The van der Waals surface area contributed by atoms with Crippen LogP contribution in [0.1, 0.15) is 16.9 Å². The third-order valence-electron chi connectivity index (χ3n) is 4.42. The number of carbonyl (C=O) groups excluding carboxylic acids is 2. The van der Waals surface area contributed by atoms with Crippen molar-refractivity contribution in [3.8, 4) is 0 Å². The Morgan fingerprint density at radius 2 is 2.04 bits per heavy atom. The highest BCUT2D eigenvalue weighted by Crippen LogP contribution is 2.26. The van der Waals surface area contributed by atoms with Gasteiger partial charge >= 0.3 is 6.09 Å². The van der Waals surface area contributed by atoms with Gasteiger partial charge in [-0.1, -0.05) is 42.5 Å². The van der Waals surface area contributed by atoms with Crippen LogP contribution >= 0.6 is 11.3 Å². The number of hydrogen-bond acceptors (Lipinski definition) is 4. The average Bonchev–Trinajstić information content (AvgIpc) is 3.22. The number of rotatable bonds is 5. The van der Waals surface area contributed by atoms with Crippen molar-refractivity contribution in [3.05, 3.63) is 64.4 Å². The Balaban J connectivity index is 1.70. The summed E-state index contributed by atoms with van der Waals surface area (Å²) in [5.41, 5.74) is 2.28. The van der Waals surface area contributed by atoms with Crippen molar-refractivity contribution in [2.75, 3.05) is 20.2 Å². The molecule has 2 heterocycles. The molecule has 0 bridgehead atoms. The van der Waals surface area contributed by atoms with Crippen LogP contribution in [0.3, 0.4) is 0 Å². The topological polar surface area (TPSA) is 58.6 Å². The second kappa shape index (κ2) is 8.67. The zero-order valence-electron chi connectivity index (χ0n) is 14.7. The lowest BCUT2D eigenvalue weighted by atomic mass is 10.0. The van der Waals surface area contributed by atoms with Crippen molar-refractivity contribution < 1.29 is 14.3 Å². The monoisotopic (exact) mass is 370 g/mol. The summed E-state index contributed by atoms with van der Waals surface area (Å²) < 4.78 is 4.69. The second-order valence-corrected chi connectivity index (χ2v) is 7.07. The third-order valence-corrected chi connectivity index (χ3v) is 5.36. The normalized spacial score (nSPS) is 15.1. The minimum absolute atomic E-state index is 0.0827. The number of carbonyl (C=O) groups is 2. The number of nitrogens with one attached hydrogen (secondary N) is 1. The fraction of sp³-hybridized carbons (Fsp3) is 0.300. The molecule has 2 aromatic rings. The molecule has 1 aliphatic heterocycles. The molecule has 1 unspecified atom stereocenters. The first-order valence-corrected chi connectivity index (χ1v) is 9.45. The molecule has 26 heavy (non-hydrogen) atoms. The summed E-state index contributed by atoms with van der Waals surface area (Å²) in [6, 6.07) is 13.2. The van der Waals surface area contributed by atoms with E-state index in [1.807, 2.05) is 36.4 Å². The van der Waals surface area contributed by atoms with Crippen LogP contribution in [0.2, 0.25) is 0 Å². The highest BCUT2D eigenvalue weighted by Gasteiger charge is 2.27. The first-order chi connectivity index (χ1) is 12.7. The number of nitrogens with zero attached hydrogens (tertiary/aromatic N) is 1. The van der Waals surface area contributed by atoms with Crippen molar-refractivity contribution in [3.63, 3.8) is 0 Å². The van der Waals surface area contributed by atoms with Crippen LogP contribution < -0.4 is 5.32 Å². The second-order valence-electron chi connectivity index (χ2n) is 6.12. The van der Waals surface area contributed by atoms with Gasteiger partial charge in [0.25, 0.3) is 0 Å². The fourth-order valence-electron chi connectivity index (χ4n) is 3.03. The zero-order valence-corrected chi connectivity index (χ0v) is 15.5. The molecule has 0 saturated carbocycles. The van der Waals surface area contributed by atoms with Crippen LogP contribution in [0, 0.1) is 0 Å². The molecule has 1 N–H and O–H groups in total. The van der Waals surface area contributed by atoms with Gasteiger partial charge in [0.15, 0.2) is 0 Å². The van der Waals surface area contributed by atoms with E-state index < -0.39 is 12.1 Å². The lowest BCUT2D eigenvalue weighted by Gasteiger charge is -2.30. The summed E-state index contributed by atoms with van der Waals surface area (Å²) in [6.45, 7) is 1.21. The van der Waals surface area contributed by atoms with E-state index in [0.717, 1.165) is 12.0 Å². The average molecular weight is 370 g/mol. The molecule has 0 spiro atoms. The van der Waals surface area contributed by atoms with Crippen LogP contribution in [-0.2, 0) is 16.0 Å². The maximum atomic E-state index is 13.0. The van der Waals surface area contributed by atoms with Gasteiger partial charge in [-0.05, 0) is 29.0 Å². The SMILES string of the molecule is COC(=O)NC(Cc1ccccc1)C(=O)N1CC=C(c2cccs2)CC1. The molecule has 0 fully saturated rings. The van der Waals surface area contributed by atoms with Crippen LogP contribution in [0.25, 0.3) is 5.57 Å². The maximum Gasteiger partial charge on any atom is 0.407 e. The lowest BCUT2D eigenvalue weighted by molar-refractivity contribution is -0.132. The van der Waals surface area contributed by atoms with E-state index in [-0.39, 0.29) is 5.91 Å². The number of hydrogen-bond donors (Lipinski definition) is 1. The lowest BCUT2D eigenvalue weighted by Crippen LogP contribution is -2.50. The van der Waals surface area contributed by atoms with Gasteiger partial charge in [0.2, 0.25) is 5.91 Å². The van der Waals surface area contributed by atoms with Crippen LogP contribution in [0.4, 0.5) is 4.79 Å². The molecule has 2 amide bonds. The fourth-order valence-corrected chi connectivity index (χ4v) is 3.82. The number of thiophene rings is 1. The summed E-state index contributed by atoms with van der Waals surface area (Å²) in [5, 5.41) is 4.74. The van der Waals surface area contributed by atoms with Crippen molar-refractivity contribution >= 4 is 28.9 Å².